The molecule has 0 saturated heterocycles. The Morgan fingerprint density at radius 2 is 2.04 bits per heavy atom. The molecule has 132 valence electrons. The van der Waals surface area contributed by atoms with Gasteiger partial charge in [-0.25, -0.2) is 9.78 Å². The maximum atomic E-state index is 12.6. The van der Waals surface area contributed by atoms with Crippen molar-refractivity contribution in [3.63, 3.8) is 0 Å². The Kier molecular flexibility index (Phi) is 5.49. The van der Waals surface area contributed by atoms with Crippen LogP contribution in [0, 0.1) is 5.92 Å². The summed E-state index contributed by atoms with van der Waals surface area (Å²) in [5.41, 5.74) is 0.910. The average molecular weight is 332 g/mol. The molecular weight excluding hydrogens is 304 g/mol. The number of hydrogen-bond donors (Lipinski definition) is 3. The number of nitrogens with zero attached hydrogens (tertiary/aromatic N) is 2. The summed E-state index contributed by atoms with van der Waals surface area (Å²) in [6, 6.07) is 7.39. The lowest BCUT2D eigenvalue weighted by atomic mass is 10.0. The van der Waals surface area contributed by atoms with Gasteiger partial charge in [-0.15, -0.1) is 0 Å². The zero-order chi connectivity index (χ0) is 17.9. The van der Waals surface area contributed by atoms with Crippen molar-refractivity contribution in [3.8, 4) is 0 Å². The molecule has 6 heteroatoms. The van der Waals surface area contributed by atoms with Gasteiger partial charge in [0.1, 0.15) is 5.82 Å². The summed E-state index contributed by atoms with van der Waals surface area (Å²) in [6.07, 6.45) is 0. The summed E-state index contributed by atoms with van der Waals surface area (Å²) in [5.74, 6) is 0.925. The van der Waals surface area contributed by atoms with Gasteiger partial charge in [-0.2, -0.15) is 0 Å². The Balaban J connectivity index is 2.20. The summed E-state index contributed by atoms with van der Waals surface area (Å²) in [5, 5.41) is 13.0. The van der Waals surface area contributed by atoms with Gasteiger partial charge in [0.05, 0.1) is 29.2 Å². The molecule has 6 nitrogen and oxygen atoms in total. The van der Waals surface area contributed by atoms with E-state index in [2.05, 4.69) is 15.3 Å². The number of benzene rings is 1. The SMILES string of the molecule is CCN(CC(C)(C)O)C(=O)NC(c1nc2ccccc2[nH]1)C(C)C. The van der Waals surface area contributed by atoms with E-state index in [-0.39, 0.29) is 24.5 Å². The number of likely N-dealkylation sites (N-methyl/N-ethyl adjacent to an activating group) is 1. The largest absolute Gasteiger partial charge is 0.389 e. The van der Waals surface area contributed by atoms with Crippen LogP contribution in [0.4, 0.5) is 4.79 Å². The minimum absolute atomic E-state index is 0.176. The fraction of sp³-hybridized carbons (Fsp3) is 0.556. The van der Waals surface area contributed by atoms with E-state index < -0.39 is 5.60 Å². The van der Waals surface area contributed by atoms with Crippen molar-refractivity contribution < 1.29 is 9.90 Å². The number of carbonyl (C=O) groups is 1. The molecule has 0 spiro atoms. The summed E-state index contributed by atoms with van der Waals surface area (Å²) < 4.78 is 0. The van der Waals surface area contributed by atoms with Gasteiger partial charge in [0.2, 0.25) is 0 Å². The molecule has 1 atom stereocenters. The molecule has 1 heterocycles. The molecule has 2 amide bonds. The highest BCUT2D eigenvalue weighted by Crippen LogP contribution is 2.22. The van der Waals surface area contributed by atoms with Crippen LogP contribution in [-0.2, 0) is 0 Å². The zero-order valence-electron chi connectivity index (χ0n) is 15.1. The van der Waals surface area contributed by atoms with Gasteiger partial charge in [0.15, 0.2) is 0 Å². The number of amides is 2. The first kappa shape index (κ1) is 18.3. The molecule has 0 aliphatic carbocycles. The van der Waals surface area contributed by atoms with Crippen molar-refractivity contribution in [1.29, 1.82) is 0 Å². The molecule has 2 rings (SSSR count). The first-order valence-electron chi connectivity index (χ1n) is 8.43. The molecule has 0 bridgehead atoms. The van der Waals surface area contributed by atoms with Gasteiger partial charge in [0.25, 0.3) is 0 Å². The van der Waals surface area contributed by atoms with Crippen molar-refractivity contribution in [2.75, 3.05) is 13.1 Å². The molecule has 0 fully saturated rings. The minimum Gasteiger partial charge on any atom is -0.389 e. The zero-order valence-corrected chi connectivity index (χ0v) is 15.1. The third-order valence-electron chi connectivity index (χ3n) is 3.89. The van der Waals surface area contributed by atoms with Crippen molar-refractivity contribution in [1.82, 2.24) is 20.2 Å². The maximum Gasteiger partial charge on any atom is 0.318 e. The van der Waals surface area contributed by atoms with Crippen molar-refractivity contribution >= 4 is 17.1 Å². The Labute approximate surface area is 143 Å². The van der Waals surface area contributed by atoms with Crippen molar-refractivity contribution in [3.05, 3.63) is 30.1 Å². The number of rotatable bonds is 6. The van der Waals surface area contributed by atoms with Gasteiger partial charge in [-0.3, -0.25) is 0 Å². The van der Waals surface area contributed by atoms with Crippen LogP contribution < -0.4 is 5.32 Å². The average Bonchev–Trinajstić information content (AvgIpc) is 2.92. The van der Waals surface area contributed by atoms with Gasteiger partial charge < -0.3 is 20.3 Å². The highest BCUT2D eigenvalue weighted by Gasteiger charge is 2.26. The van der Waals surface area contributed by atoms with E-state index in [1.54, 1.807) is 18.7 Å². The molecule has 3 N–H and O–H groups in total. The second-order valence-electron chi connectivity index (χ2n) is 7.14. The minimum atomic E-state index is -0.931. The van der Waals surface area contributed by atoms with Crippen molar-refractivity contribution in [2.45, 2.75) is 46.3 Å². The van der Waals surface area contributed by atoms with Gasteiger partial charge in [0, 0.05) is 6.54 Å². The molecular formula is C18H28N4O2. The molecule has 0 saturated carbocycles. The first-order valence-corrected chi connectivity index (χ1v) is 8.43. The van der Waals surface area contributed by atoms with Gasteiger partial charge in [-0.1, -0.05) is 26.0 Å². The second kappa shape index (κ2) is 7.21. The fourth-order valence-corrected chi connectivity index (χ4v) is 2.69. The normalized spacial score (nSPS) is 13.3. The number of aromatic nitrogens is 2. The quantitative estimate of drug-likeness (QED) is 0.760. The number of urea groups is 1. The van der Waals surface area contributed by atoms with E-state index in [0.717, 1.165) is 16.9 Å². The van der Waals surface area contributed by atoms with E-state index in [0.29, 0.717) is 6.54 Å². The first-order chi connectivity index (χ1) is 11.2. The number of H-pyrrole nitrogens is 1. The van der Waals surface area contributed by atoms with Gasteiger partial charge in [-0.05, 0) is 38.8 Å². The molecule has 0 aliphatic rings. The van der Waals surface area contributed by atoms with E-state index in [9.17, 15) is 9.90 Å². The molecule has 0 aliphatic heterocycles. The third-order valence-corrected chi connectivity index (χ3v) is 3.89. The topological polar surface area (TPSA) is 81.2 Å². The number of imidazole rings is 1. The Morgan fingerprint density at radius 1 is 1.38 bits per heavy atom. The lowest BCUT2D eigenvalue weighted by molar-refractivity contribution is 0.0472. The van der Waals surface area contributed by atoms with E-state index in [1.807, 2.05) is 45.0 Å². The molecule has 24 heavy (non-hydrogen) atoms. The number of aromatic amines is 1. The Hall–Kier alpha value is -2.08. The number of fused-ring (bicyclic) bond motifs is 1. The van der Waals surface area contributed by atoms with Crippen LogP contribution >= 0.6 is 0 Å². The van der Waals surface area contributed by atoms with E-state index in [4.69, 9.17) is 0 Å². The van der Waals surface area contributed by atoms with Crippen LogP contribution in [0.3, 0.4) is 0 Å². The summed E-state index contributed by atoms with van der Waals surface area (Å²) in [7, 11) is 0. The second-order valence-corrected chi connectivity index (χ2v) is 7.14. The highest BCUT2D eigenvalue weighted by molar-refractivity contribution is 5.76. The predicted molar refractivity (Wildman–Crippen MR) is 95.7 cm³/mol. The monoisotopic (exact) mass is 332 g/mol. The van der Waals surface area contributed by atoms with E-state index >= 15 is 0 Å². The van der Waals surface area contributed by atoms with Crippen LogP contribution in [0.15, 0.2) is 24.3 Å². The van der Waals surface area contributed by atoms with Crippen LogP contribution in [0.1, 0.15) is 46.5 Å². The predicted octanol–water partition coefficient (Wildman–Crippen LogP) is 3.06. The van der Waals surface area contributed by atoms with Crippen LogP contribution in [0.5, 0.6) is 0 Å². The Bertz CT molecular complexity index is 655. The third kappa shape index (κ3) is 4.47. The number of aliphatic hydroxyl groups is 1. The molecule has 1 aromatic heterocycles. The van der Waals surface area contributed by atoms with Crippen LogP contribution in [0.2, 0.25) is 0 Å². The lowest BCUT2D eigenvalue weighted by Gasteiger charge is -2.30. The molecule has 2 aromatic rings. The molecule has 0 radical (unpaired) electrons. The number of nitrogens with one attached hydrogen (secondary N) is 2. The van der Waals surface area contributed by atoms with Crippen LogP contribution in [0.25, 0.3) is 11.0 Å². The molecule has 1 unspecified atom stereocenters. The fourth-order valence-electron chi connectivity index (χ4n) is 2.69. The van der Waals surface area contributed by atoms with Crippen molar-refractivity contribution in [2.24, 2.45) is 5.92 Å². The van der Waals surface area contributed by atoms with Gasteiger partial charge >= 0.3 is 6.03 Å². The lowest BCUT2D eigenvalue weighted by Crippen LogP contribution is -2.48. The Morgan fingerprint density at radius 3 is 2.58 bits per heavy atom. The maximum absolute atomic E-state index is 12.6. The van der Waals surface area contributed by atoms with Crippen LogP contribution in [-0.4, -0.2) is 44.7 Å². The summed E-state index contributed by atoms with van der Waals surface area (Å²) in [6.45, 7) is 10.2. The number of carbonyl (C=O) groups excluding carboxylic acids is 1. The standard InChI is InChI=1S/C18H28N4O2/c1-6-22(11-18(4,5)24)17(23)21-15(12(2)3)16-19-13-9-7-8-10-14(13)20-16/h7-10,12,15,24H,6,11H2,1-5H3,(H,19,20)(H,21,23). The van der Waals surface area contributed by atoms with E-state index in [1.165, 1.54) is 0 Å². The number of hydrogen-bond acceptors (Lipinski definition) is 3. The summed E-state index contributed by atoms with van der Waals surface area (Å²) in [4.78, 5) is 22.1. The molecule has 1 aromatic carbocycles. The number of para-hydroxylation sites is 2. The summed E-state index contributed by atoms with van der Waals surface area (Å²) >= 11 is 0. The highest BCUT2D eigenvalue weighted by atomic mass is 16.3. The smallest absolute Gasteiger partial charge is 0.318 e.